The Kier molecular flexibility index (Phi) is 4.20. The van der Waals surface area contributed by atoms with Crippen molar-refractivity contribution in [1.29, 1.82) is 0 Å². The van der Waals surface area contributed by atoms with E-state index in [0.717, 1.165) is 15.4 Å². The Morgan fingerprint density at radius 1 is 1.45 bits per heavy atom. The van der Waals surface area contributed by atoms with Gasteiger partial charge in [-0.1, -0.05) is 42.8 Å². The molecule has 0 aliphatic heterocycles. The van der Waals surface area contributed by atoms with Crippen LogP contribution < -0.4 is 5.32 Å². The standard InChI is InChI=1S/C15H19BrN2O2/c1-15(2,3)13(19)8-17-14(20)12-7-9-10(16)5-4-6-11(9)18-12/h4-7,13,18-19H,8H2,1-3H3,(H,17,20). The largest absolute Gasteiger partial charge is 0.391 e. The predicted molar refractivity (Wildman–Crippen MR) is 83.8 cm³/mol. The molecule has 1 amide bonds. The molecule has 0 bridgehead atoms. The average Bonchev–Trinajstić information content (AvgIpc) is 2.79. The number of halogens is 1. The summed E-state index contributed by atoms with van der Waals surface area (Å²) in [6.07, 6.45) is -0.581. The number of aromatic nitrogens is 1. The van der Waals surface area contributed by atoms with Crippen molar-refractivity contribution in [1.82, 2.24) is 10.3 Å². The van der Waals surface area contributed by atoms with Gasteiger partial charge in [-0.2, -0.15) is 0 Å². The summed E-state index contributed by atoms with van der Waals surface area (Å²) in [5, 5.41) is 13.6. The molecule has 0 saturated carbocycles. The number of H-pyrrole nitrogens is 1. The van der Waals surface area contributed by atoms with Gasteiger partial charge >= 0.3 is 0 Å². The zero-order valence-corrected chi connectivity index (χ0v) is 13.4. The van der Waals surface area contributed by atoms with Crippen LogP contribution in [0.2, 0.25) is 0 Å². The summed E-state index contributed by atoms with van der Waals surface area (Å²) in [5.74, 6) is -0.212. The molecule has 0 saturated heterocycles. The molecule has 1 heterocycles. The van der Waals surface area contributed by atoms with E-state index in [0.29, 0.717) is 5.69 Å². The minimum atomic E-state index is -0.581. The quantitative estimate of drug-likeness (QED) is 0.805. The number of aliphatic hydroxyl groups excluding tert-OH is 1. The molecule has 108 valence electrons. The third kappa shape index (κ3) is 3.22. The number of nitrogens with one attached hydrogen (secondary N) is 2. The number of hydrogen-bond acceptors (Lipinski definition) is 2. The number of fused-ring (bicyclic) bond motifs is 1. The number of benzene rings is 1. The molecule has 5 heteroatoms. The molecule has 0 radical (unpaired) electrons. The fourth-order valence-corrected chi connectivity index (χ4v) is 2.31. The van der Waals surface area contributed by atoms with Crippen LogP contribution in [-0.2, 0) is 0 Å². The molecular formula is C15H19BrN2O2. The lowest BCUT2D eigenvalue weighted by atomic mass is 9.89. The summed E-state index contributed by atoms with van der Waals surface area (Å²) in [6.45, 7) is 6.04. The van der Waals surface area contributed by atoms with Gasteiger partial charge < -0.3 is 15.4 Å². The highest BCUT2D eigenvalue weighted by Crippen LogP contribution is 2.24. The Morgan fingerprint density at radius 3 is 2.75 bits per heavy atom. The maximum Gasteiger partial charge on any atom is 0.267 e. The second-order valence-electron chi connectivity index (χ2n) is 5.98. The first-order valence-corrected chi connectivity index (χ1v) is 7.32. The molecular weight excluding hydrogens is 320 g/mol. The van der Waals surface area contributed by atoms with E-state index >= 15 is 0 Å². The van der Waals surface area contributed by atoms with Gasteiger partial charge in [-0.3, -0.25) is 4.79 Å². The van der Waals surface area contributed by atoms with Gasteiger partial charge in [0.15, 0.2) is 0 Å². The van der Waals surface area contributed by atoms with E-state index in [1.807, 2.05) is 39.0 Å². The Morgan fingerprint density at radius 2 is 2.15 bits per heavy atom. The molecule has 0 spiro atoms. The van der Waals surface area contributed by atoms with Crippen molar-refractivity contribution in [2.45, 2.75) is 26.9 Å². The maximum atomic E-state index is 12.1. The minimum Gasteiger partial charge on any atom is -0.391 e. The van der Waals surface area contributed by atoms with Crippen LogP contribution in [0.5, 0.6) is 0 Å². The highest BCUT2D eigenvalue weighted by atomic mass is 79.9. The third-order valence-electron chi connectivity index (χ3n) is 3.31. The summed E-state index contributed by atoms with van der Waals surface area (Å²) >= 11 is 3.46. The smallest absolute Gasteiger partial charge is 0.267 e. The first kappa shape index (κ1) is 15.1. The minimum absolute atomic E-state index is 0.212. The van der Waals surface area contributed by atoms with Crippen molar-refractivity contribution >= 4 is 32.7 Å². The molecule has 1 aromatic carbocycles. The van der Waals surface area contributed by atoms with Gasteiger partial charge in [0, 0.05) is 21.9 Å². The van der Waals surface area contributed by atoms with Crippen molar-refractivity contribution in [2.24, 2.45) is 5.41 Å². The topological polar surface area (TPSA) is 65.1 Å². The molecule has 20 heavy (non-hydrogen) atoms. The van der Waals surface area contributed by atoms with Crippen LogP contribution in [0.25, 0.3) is 10.9 Å². The highest BCUT2D eigenvalue weighted by molar-refractivity contribution is 9.10. The molecule has 1 aromatic heterocycles. The fraction of sp³-hybridized carbons (Fsp3) is 0.400. The number of carbonyl (C=O) groups excluding carboxylic acids is 1. The highest BCUT2D eigenvalue weighted by Gasteiger charge is 2.22. The van der Waals surface area contributed by atoms with Crippen molar-refractivity contribution in [3.8, 4) is 0 Å². The van der Waals surface area contributed by atoms with E-state index in [4.69, 9.17) is 0 Å². The molecule has 0 fully saturated rings. The Hall–Kier alpha value is -1.33. The van der Waals surface area contributed by atoms with E-state index in [-0.39, 0.29) is 17.9 Å². The SMILES string of the molecule is CC(C)(C)C(O)CNC(=O)c1cc2c(Br)cccc2[nH]1. The summed E-state index contributed by atoms with van der Waals surface area (Å²) in [4.78, 5) is 15.2. The van der Waals surface area contributed by atoms with Crippen molar-refractivity contribution in [2.75, 3.05) is 6.54 Å². The summed E-state index contributed by atoms with van der Waals surface area (Å²) in [7, 11) is 0. The van der Waals surface area contributed by atoms with Gasteiger partial charge in [0.05, 0.1) is 6.10 Å². The number of carbonyl (C=O) groups is 1. The van der Waals surface area contributed by atoms with Crippen LogP contribution in [-0.4, -0.2) is 28.6 Å². The molecule has 0 aliphatic rings. The van der Waals surface area contributed by atoms with E-state index in [2.05, 4.69) is 26.2 Å². The van der Waals surface area contributed by atoms with Gasteiger partial charge in [-0.05, 0) is 23.6 Å². The lowest BCUT2D eigenvalue weighted by Crippen LogP contribution is -2.39. The Labute approximate surface area is 126 Å². The second kappa shape index (κ2) is 5.58. The molecule has 2 aromatic rings. The first-order chi connectivity index (χ1) is 9.29. The molecule has 3 N–H and O–H groups in total. The monoisotopic (exact) mass is 338 g/mol. The van der Waals surface area contributed by atoms with Crippen LogP contribution in [0.1, 0.15) is 31.3 Å². The Bertz CT molecular complexity index is 628. The average molecular weight is 339 g/mol. The maximum absolute atomic E-state index is 12.1. The number of hydrogen-bond donors (Lipinski definition) is 3. The van der Waals surface area contributed by atoms with Gasteiger partial charge in [0.1, 0.15) is 5.69 Å². The summed E-state index contributed by atoms with van der Waals surface area (Å²) in [6, 6.07) is 7.56. The van der Waals surface area contributed by atoms with Crippen LogP contribution in [0.15, 0.2) is 28.7 Å². The van der Waals surface area contributed by atoms with Crippen molar-refractivity contribution < 1.29 is 9.90 Å². The van der Waals surface area contributed by atoms with Gasteiger partial charge in [-0.25, -0.2) is 0 Å². The van der Waals surface area contributed by atoms with Gasteiger partial charge in [-0.15, -0.1) is 0 Å². The van der Waals surface area contributed by atoms with Gasteiger partial charge in [0.2, 0.25) is 0 Å². The molecule has 0 aliphatic carbocycles. The molecule has 1 atom stereocenters. The summed E-state index contributed by atoms with van der Waals surface area (Å²) < 4.78 is 0.944. The normalized spacial score (nSPS) is 13.4. The summed E-state index contributed by atoms with van der Waals surface area (Å²) in [5.41, 5.74) is 1.14. The number of aliphatic hydroxyl groups is 1. The van der Waals surface area contributed by atoms with Crippen LogP contribution >= 0.6 is 15.9 Å². The number of aromatic amines is 1. The first-order valence-electron chi connectivity index (χ1n) is 6.52. The predicted octanol–water partition coefficient (Wildman–Crippen LogP) is 3.07. The van der Waals surface area contributed by atoms with Crippen LogP contribution in [0.3, 0.4) is 0 Å². The van der Waals surface area contributed by atoms with E-state index in [9.17, 15) is 9.90 Å². The lowest BCUT2D eigenvalue weighted by molar-refractivity contribution is 0.0585. The number of rotatable bonds is 3. The number of amides is 1. The van der Waals surface area contributed by atoms with Gasteiger partial charge in [0.25, 0.3) is 5.91 Å². The van der Waals surface area contributed by atoms with E-state index in [1.54, 1.807) is 6.07 Å². The van der Waals surface area contributed by atoms with E-state index < -0.39 is 6.10 Å². The molecule has 4 nitrogen and oxygen atoms in total. The van der Waals surface area contributed by atoms with Crippen LogP contribution in [0.4, 0.5) is 0 Å². The molecule has 2 rings (SSSR count). The van der Waals surface area contributed by atoms with E-state index in [1.165, 1.54) is 0 Å². The van der Waals surface area contributed by atoms with Crippen LogP contribution in [0, 0.1) is 5.41 Å². The van der Waals surface area contributed by atoms with Crippen molar-refractivity contribution in [3.63, 3.8) is 0 Å². The zero-order chi connectivity index (χ0) is 14.9. The zero-order valence-electron chi connectivity index (χ0n) is 11.8. The Balaban J connectivity index is 2.10. The van der Waals surface area contributed by atoms with Crippen molar-refractivity contribution in [3.05, 3.63) is 34.4 Å². The lowest BCUT2D eigenvalue weighted by Gasteiger charge is -2.25. The third-order valence-corrected chi connectivity index (χ3v) is 4.00. The fourth-order valence-electron chi connectivity index (χ4n) is 1.83. The molecule has 1 unspecified atom stereocenters. The second-order valence-corrected chi connectivity index (χ2v) is 6.83.